The third-order valence-corrected chi connectivity index (χ3v) is 5.32. The molecule has 0 saturated carbocycles. The first-order valence-electron chi connectivity index (χ1n) is 8.81. The third-order valence-electron chi connectivity index (χ3n) is 4.14. The Balaban J connectivity index is 2.05. The zero-order valence-electron chi connectivity index (χ0n) is 16.1. The first-order chi connectivity index (χ1) is 14.3. The molecule has 3 rings (SSSR count). The van der Waals surface area contributed by atoms with E-state index in [1.807, 2.05) is 13.0 Å². The number of aliphatic carboxylic acids is 1. The molecule has 30 heavy (non-hydrogen) atoms. The van der Waals surface area contributed by atoms with Gasteiger partial charge in [-0.1, -0.05) is 22.9 Å². The van der Waals surface area contributed by atoms with E-state index in [2.05, 4.69) is 41.9 Å². The average Bonchev–Trinajstić information content (AvgIpc) is 2.72. The number of aromatic nitrogens is 2. The van der Waals surface area contributed by atoms with Gasteiger partial charge in [0.2, 0.25) is 0 Å². The number of carbonyl (C=O) groups is 1. The van der Waals surface area contributed by atoms with Crippen molar-refractivity contribution in [2.45, 2.75) is 13.3 Å². The molecule has 2 aromatic carbocycles. The van der Waals surface area contributed by atoms with Crippen molar-refractivity contribution in [3.05, 3.63) is 61.0 Å². The average molecular weight is 539 g/mol. The van der Waals surface area contributed by atoms with Crippen molar-refractivity contribution >= 4 is 54.9 Å². The number of fused-ring (bicyclic) bond motifs is 1. The Bertz CT molecular complexity index is 1210. The summed E-state index contributed by atoms with van der Waals surface area (Å²) in [7, 11) is 1.45. The van der Waals surface area contributed by atoms with E-state index in [9.17, 15) is 9.59 Å². The molecule has 10 heteroatoms. The Morgan fingerprint density at radius 1 is 1.27 bits per heavy atom. The second-order valence-electron chi connectivity index (χ2n) is 6.11. The number of rotatable bonds is 7. The van der Waals surface area contributed by atoms with Gasteiger partial charge in [-0.3, -0.25) is 4.79 Å². The van der Waals surface area contributed by atoms with Crippen molar-refractivity contribution in [1.82, 2.24) is 9.66 Å². The summed E-state index contributed by atoms with van der Waals surface area (Å²) in [5.41, 5.74) is 0.936. The molecular formula is C20H17Br2N3O5. The SMILES string of the molecule is CCc1nc2ccc(Br)cc2c(=O)n1N=Cc1cc(OC)c(OCC(=O)O)cc1Br. The van der Waals surface area contributed by atoms with Gasteiger partial charge in [-0.15, -0.1) is 0 Å². The van der Waals surface area contributed by atoms with Gasteiger partial charge < -0.3 is 14.6 Å². The van der Waals surface area contributed by atoms with Gasteiger partial charge in [0.1, 0.15) is 5.82 Å². The Hall–Kier alpha value is -2.72. The molecule has 0 spiro atoms. The molecular weight excluding hydrogens is 522 g/mol. The number of methoxy groups -OCH3 is 1. The van der Waals surface area contributed by atoms with E-state index >= 15 is 0 Å². The topological polar surface area (TPSA) is 103 Å². The minimum Gasteiger partial charge on any atom is -0.493 e. The maximum Gasteiger partial charge on any atom is 0.341 e. The summed E-state index contributed by atoms with van der Waals surface area (Å²) in [5, 5.41) is 13.6. The second kappa shape index (κ2) is 9.40. The van der Waals surface area contributed by atoms with Crippen LogP contribution in [0.1, 0.15) is 18.3 Å². The molecule has 156 valence electrons. The lowest BCUT2D eigenvalue weighted by atomic mass is 10.2. The van der Waals surface area contributed by atoms with Crippen LogP contribution in [-0.2, 0) is 11.2 Å². The van der Waals surface area contributed by atoms with Gasteiger partial charge in [0.25, 0.3) is 5.56 Å². The summed E-state index contributed by atoms with van der Waals surface area (Å²) in [6.07, 6.45) is 2.02. The predicted octanol–water partition coefficient (Wildman–Crippen LogP) is 3.84. The van der Waals surface area contributed by atoms with Crippen molar-refractivity contribution < 1.29 is 19.4 Å². The zero-order chi connectivity index (χ0) is 21.8. The molecule has 3 aromatic rings. The maximum absolute atomic E-state index is 13.0. The monoisotopic (exact) mass is 537 g/mol. The lowest BCUT2D eigenvalue weighted by molar-refractivity contribution is -0.139. The van der Waals surface area contributed by atoms with E-state index in [1.165, 1.54) is 18.0 Å². The summed E-state index contributed by atoms with van der Waals surface area (Å²) >= 11 is 6.78. The van der Waals surface area contributed by atoms with E-state index in [-0.39, 0.29) is 11.3 Å². The smallest absolute Gasteiger partial charge is 0.341 e. The Labute approximate surface area is 188 Å². The second-order valence-corrected chi connectivity index (χ2v) is 7.88. The lowest BCUT2D eigenvalue weighted by Crippen LogP contribution is -2.22. The fourth-order valence-electron chi connectivity index (χ4n) is 2.72. The largest absolute Gasteiger partial charge is 0.493 e. The molecule has 0 atom stereocenters. The van der Waals surface area contributed by atoms with Crippen molar-refractivity contribution in [3.8, 4) is 11.5 Å². The van der Waals surface area contributed by atoms with Gasteiger partial charge in [-0.25, -0.2) is 9.78 Å². The van der Waals surface area contributed by atoms with Crippen LogP contribution in [0.5, 0.6) is 11.5 Å². The normalized spacial score (nSPS) is 11.2. The van der Waals surface area contributed by atoms with Crippen LogP contribution >= 0.6 is 31.9 Å². The molecule has 0 aliphatic heterocycles. The van der Waals surface area contributed by atoms with Gasteiger partial charge in [-0.2, -0.15) is 9.78 Å². The standard InChI is InChI=1S/C20H17Br2N3O5/c1-3-18-24-15-5-4-12(21)7-13(15)20(28)25(18)23-9-11-6-16(29-2)17(8-14(11)22)30-10-19(26)27/h4-9H,3,10H2,1-2H3,(H,26,27). The van der Waals surface area contributed by atoms with Gasteiger partial charge in [0, 0.05) is 20.9 Å². The van der Waals surface area contributed by atoms with Crippen LogP contribution in [0.25, 0.3) is 10.9 Å². The third kappa shape index (κ3) is 4.71. The van der Waals surface area contributed by atoms with Crippen molar-refractivity contribution in [2.24, 2.45) is 5.10 Å². The number of ether oxygens (including phenoxy) is 2. The Morgan fingerprint density at radius 2 is 2.03 bits per heavy atom. The molecule has 8 nitrogen and oxygen atoms in total. The molecule has 0 unspecified atom stereocenters. The highest BCUT2D eigenvalue weighted by Crippen LogP contribution is 2.33. The lowest BCUT2D eigenvalue weighted by Gasteiger charge is -2.11. The van der Waals surface area contributed by atoms with Gasteiger partial charge in [-0.05, 0) is 46.3 Å². The number of halogens is 2. The van der Waals surface area contributed by atoms with Crippen molar-refractivity contribution in [3.63, 3.8) is 0 Å². The molecule has 0 aliphatic rings. The Morgan fingerprint density at radius 3 is 2.70 bits per heavy atom. The maximum atomic E-state index is 13.0. The van der Waals surface area contributed by atoms with Crippen molar-refractivity contribution in [2.75, 3.05) is 13.7 Å². The fourth-order valence-corrected chi connectivity index (χ4v) is 3.51. The first kappa shape index (κ1) is 22.0. The van der Waals surface area contributed by atoms with E-state index in [0.717, 1.165) is 4.47 Å². The molecule has 1 heterocycles. The number of nitrogens with zero attached hydrogens (tertiary/aromatic N) is 3. The summed E-state index contributed by atoms with van der Waals surface area (Å²) in [4.78, 5) is 28.3. The number of carboxylic acid groups (broad SMARTS) is 1. The highest BCUT2D eigenvalue weighted by molar-refractivity contribution is 9.10. The molecule has 0 amide bonds. The van der Waals surface area contributed by atoms with Crippen LogP contribution in [0, 0.1) is 0 Å². The van der Waals surface area contributed by atoms with Crippen molar-refractivity contribution in [1.29, 1.82) is 0 Å². The molecule has 0 radical (unpaired) electrons. The van der Waals surface area contributed by atoms with E-state index in [4.69, 9.17) is 14.6 Å². The molecule has 0 fully saturated rings. The number of aryl methyl sites for hydroxylation is 1. The number of benzene rings is 2. The summed E-state index contributed by atoms with van der Waals surface area (Å²) in [5.74, 6) is 0.0355. The van der Waals surface area contributed by atoms with Gasteiger partial charge >= 0.3 is 5.97 Å². The van der Waals surface area contributed by atoms with Crippen LogP contribution in [0.3, 0.4) is 0 Å². The minimum absolute atomic E-state index is 0.271. The Kier molecular flexibility index (Phi) is 6.88. The van der Waals surface area contributed by atoms with E-state index < -0.39 is 12.6 Å². The summed E-state index contributed by atoms with van der Waals surface area (Å²) < 4.78 is 13.1. The van der Waals surface area contributed by atoms with Crippen LogP contribution in [0.2, 0.25) is 0 Å². The molecule has 0 bridgehead atoms. The summed E-state index contributed by atoms with van der Waals surface area (Å²) in [6.45, 7) is 1.40. The molecule has 0 saturated heterocycles. The first-order valence-corrected chi connectivity index (χ1v) is 10.4. The predicted molar refractivity (Wildman–Crippen MR) is 120 cm³/mol. The molecule has 1 aromatic heterocycles. The summed E-state index contributed by atoms with van der Waals surface area (Å²) in [6, 6.07) is 8.54. The number of carboxylic acids is 1. The van der Waals surface area contributed by atoms with Crippen LogP contribution < -0.4 is 15.0 Å². The van der Waals surface area contributed by atoms with Crippen LogP contribution in [0.15, 0.2) is 49.2 Å². The van der Waals surface area contributed by atoms with Gasteiger partial charge in [0.05, 0.1) is 24.2 Å². The minimum atomic E-state index is -1.10. The van der Waals surface area contributed by atoms with Crippen LogP contribution in [0.4, 0.5) is 0 Å². The van der Waals surface area contributed by atoms with E-state index in [1.54, 1.807) is 24.3 Å². The quantitative estimate of drug-likeness (QED) is 0.458. The highest BCUT2D eigenvalue weighted by Gasteiger charge is 2.13. The van der Waals surface area contributed by atoms with Crippen LogP contribution in [-0.4, -0.2) is 40.7 Å². The zero-order valence-corrected chi connectivity index (χ0v) is 19.2. The molecule has 1 N–H and O–H groups in total. The number of hydrogen-bond acceptors (Lipinski definition) is 6. The van der Waals surface area contributed by atoms with Gasteiger partial charge in [0.15, 0.2) is 18.1 Å². The fraction of sp³-hybridized carbons (Fsp3) is 0.200. The van der Waals surface area contributed by atoms with E-state index in [0.29, 0.717) is 38.9 Å². The number of hydrogen-bond donors (Lipinski definition) is 1. The molecule has 0 aliphatic carbocycles. The highest BCUT2D eigenvalue weighted by atomic mass is 79.9.